The summed E-state index contributed by atoms with van der Waals surface area (Å²) < 4.78 is 26.7. The second-order valence-corrected chi connectivity index (χ2v) is 3.74. The predicted octanol–water partition coefficient (Wildman–Crippen LogP) is -1.16. The second-order valence-electron chi connectivity index (χ2n) is 2.31. The maximum absolute atomic E-state index is 10.7. The Kier molecular flexibility index (Phi) is 1.80. The maximum atomic E-state index is 10.7. The van der Waals surface area contributed by atoms with Crippen molar-refractivity contribution in [2.45, 2.75) is 12.8 Å². The number of hydrogen-bond acceptors (Lipinski definition) is 5. The molecule has 0 aromatic heterocycles. The van der Waals surface area contributed by atoms with Gasteiger partial charge in [0.05, 0.1) is 16.9 Å². The standard InChI is InChI=1S/C4H5NO6S/c6-3-1-2-4(7)5(3,8)12(9,10)11/h8H,1-2H2/p+1. The van der Waals surface area contributed by atoms with Gasteiger partial charge in [-0.2, -0.15) is 5.21 Å². The quantitative estimate of drug-likeness (QED) is 0.237. The highest BCUT2D eigenvalue weighted by molar-refractivity contribution is 7.80. The molecular formula is C4H6NO6S+. The van der Waals surface area contributed by atoms with E-state index in [4.69, 9.17) is 9.76 Å². The third kappa shape index (κ3) is 0.966. The van der Waals surface area contributed by atoms with Crippen LogP contribution in [0.1, 0.15) is 12.8 Å². The monoisotopic (exact) mass is 196 g/mol. The Morgan fingerprint density at radius 1 is 1.17 bits per heavy atom. The van der Waals surface area contributed by atoms with E-state index in [1.807, 2.05) is 0 Å². The molecule has 1 rings (SSSR count). The second kappa shape index (κ2) is 2.33. The van der Waals surface area contributed by atoms with Crippen LogP contribution in [0.4, 0.5) is 0 Å². The van der Waals surface area contributed by atoms with Crippen LogP contribution in [0.15, 0.2) is 0 Å². The van der Waals surface area contributed by atoms with Crippen molar-refractivity contribution in [3.8, 4) is 0 Å². The van der Waals surface area contributed by atoms with Crippen molar-refractivity contribution in [3.05, 3.63) is 0 Å². The zero-order valence-electron chi connectivity index (χ0n) is 5.80. The summed E-state index contributed by atoms with van der Waals surface area (Å²) >= 11 is 0. The van der Waals surface area contributed by atoms with E-state index < -0.39 is 26.2 Å². The van der Waals surface area contributed by atoms with E-state index >= 15 is 0 Å². The molecule has 1 fully saturated rings. The zero-order chi connectivity index (χ0) is 9.57. The van der Waals surface area contributed by atoms with E-state index in [0.29, 0.717) is 0 Å². The number of imide groups is 1. The normalized spacial score (nSPS) is 23.2. The molecule has 1 saturated heterocycles. The Labute approximate surface area is 67.6 Å². The summed E-state index contributed by atoms with van der Waals surface area (Å²) in [7, 11) is -5.11. The molecule has 0 aliphatic carbocycles. The summed E-state index contributed by atoms with van der Waals surface area (Å²) in [6.07, 6.45) is -0.760. The molecule has 7 nitrogen and oxygen atoms in total. The molecule has 1 aliphatic rings. The van der Waals surface area contributed by atoms with Crippen LogP contribution in [-0.4, -0.2) is 34.0 Å². The van der Waals surface area contributed by atoms with Gasteiger partial charge in [0.15, 0.2) is 0 Å². The summed E-state index contributed by atoms with van der Waals surface area (Å²) in [5.74, 6) is -2.47. The van der Waals surface area contributed by atoms with Crippen molar-refractivity contribution in [2.24, 2.45) is 0 Å². The zero-order valence-corrected chi connectivity index (χ0v) is 6.61. The fourth-order valence-corrected chi connectivity index (χ4v) is 1.61. The molecule has 1 heterocycles. The van der Waals surface area contributed by atoms with Crippen molar-refractivity contribution >= 4 is 22.1 Å². The number of nitrogens with zero attached hydrogens (tertiary/aromatic N) is 1. The van der Waals surface area contributed by atoms with E-state index in [1.54, 1.807) is 0 Å². The van der Waals surface area contributed by atoms with E-state index in [1.165, 1.54) is 0 Å². The number of carbonyl (C=O) groups excluding carboxylic acids is 2. The van der Waals surface area contributed by atoms with Crippen LogP contribution in [0.5, 0.6) is 0 Å². The predicted molar refractivity (Wildman–Crippen MR) is 32.8 cm³/mol. The number of carbonyl (C=O) groups is 2. The molecule has 0 spiro atoms. The summed E-state index contributed by atoms with van der Waals surface area (Å²) in [6, 6.07) is 0. The Bertz CT molecular complexity index is 327. The van der Waals surface area contributed by atoms with Crippen molar-refractivity contribution in [2.75, 3.05) is 0 Å². The van der Waals surface area contributed by atoms with Gasteiger partial charge in [0.1, 0.15) is 0 Å². The van der Waals surface area contributed by atoms with Gasteiger partial charge in [0.25, 0.3) is 0 Å². The molecule has 0 radical (unpaired) electrons. The highest BCUT2D eigenvalue weighted by atomic mass is 32.2. The first-order chi connectivity index (χ1) is 5.30. The lowest BCUT2D eigenvalue weighted by Gasteiger charge is -2.12. The molecule has 0 unspecified atom stereocenters. The molecule has 0 aromatic rings. The minimum absolute atomic E-state index is 0.380. The van der Waals surface area contributed by atoms with Crippen LogP contribution in [-0.2, 0) is 19.9 Å². The molecule has 8 heteroatoms. The lowest BCUT2D eigenvalue weighted by atomic mass is 10.4. The van der Waals surface area contributed by atoms with Crippen LogP contribution in [0.2, 0.25) is 0 Å². The van der Waals surface area contributed by atoms with E-state index in [9.17, 15) is 18.0 Å². The number of quaternary nitrogens is 1. The van der Waals surface area contributed by atoms with Gasteiger partial charge < -0.3 is 0 Å². The average Bonchev–Trinajstić information content (AvgIpc) is 2.16. The van der Waals surface area contributed by atoms with Crippen LogP contribution >= 0.6 is 0 Å². The highest BCUT2D eigenvalue weighted by Crippen LogP contribution is 2.23. The van der Waals surface area contributed by atoms with Crippen LogP contribution < -0.4 is 0 Å². The molecule has 1 aliphatic heterocycles. The summed E-state index contributed by atoms with van der Waals surface area (Å²) in [5.41, 5.74) is 0. The van der Waals surface area contributed by atoms with Gasteiger partial charge in [-0.25, -0.2) is 14.1 Å². The van der Waals surface area contributed by atoms with Crippen LogP contribution in [0.25, 0.3) is 0 Å². The van der Waals surface area contributed by atoms with Crippen molar-refractivity contribution in [1.82, 2.24) is 0 Å². The highest BCUT2D eigenvalue weighted by Gasteiger charge is 2.60. The van der Waals surface area contributed by atoms with Crippen molar-refractivity contribution in [3.63, 3.8) is 0 Å². The average molecular weight is 196 g/mol. The van der Waals surface area contributed by atoms with Gasteiger partial charge in [0.2, 0.25) is 0 Å². The van der Waals surface area contributed by atoms with Gasteiger partial charge in [-0.05, 0) is 0 Å². The van der Waals surface area contributed by atoms with Crippen LogP contribution in [0, 0.1) is 0 Å². The first-order valence-electron chi connectivity index (χ1n) is 2.96. The molecule has 0 atom stereocenters. The number of amides is 2. The molecule has 0 saturated carbocycles. The van der Waals surface area contributed by atoms with Gasteiger partial charge in [-0.1, -0.05) is 0 Å². The molecule has 0 aromatic carbocycles. The first-order valence-corrected chi connectivity index (χ1v) is 4.36. The number of rotatable bonds is 1. The van der Waals surface area contributed by atoms with Gasteiger partial charge in [-0.3, -0.25) is 0 Å². The van der Waals surface area contributed by atoms with Gasteiger partial charge in [0, 0.05) is 0 Å². The Morgan fingerprint density at radius 3 is 1.67 bits per heavy atom. The fourth-order valence-electron chi connectivity index (χ4n) is 0.913. The maximum Gasteiger partial charge on any atom is 0.479 e. The summed E-state index contributed by atoms with van der Waals surface area (Å²) in [4.78, 5) is 21.4. The summed E-state index contributed by atoms with van der Waals surface area (Å²) in [6.45, 7) is 0. The summed E-state index contributed by atoms with van der Waals surface area (Å²) in [5, 5.41) is 8.97. The Morgan fingerprint density at radius 2 is 1.50 bits per heavy atom. The number of hydrogen-bond donors (Lipinski definition) is 2. The fraction of sp³-hybridized carbons (Fsp3) is 0.500. The van der Waals surface area contributed by atoms with E-state index in [2.05, 4.69) is 0 Å². The van der Waals surface area contributed by atoms with Crippen molar-refractivity contribution < 1.29 is 31.8 Å². The van der Waals surface area contributed by atoms with Crippen molar-refractivity contribution in [1.29, 1.82) is 0 Å². The Balaban J connectivity index is 3.31. The third-order valence-electron chi connectivity index (χ3n) is 1.56. The largest absolute Gasteiger partial charge is 0.479 e. The molecule has 68 valence electrons. The molecule has 0 bridgehead atoms. The van der Waals surface area contributed by atoms with E-state index in [-0.39, 0.29) is 12.8 Å². The SMILES string of the molecule is O=C1CCC(=O)[N+]1(O)S(=O)(=O)O. The van der Waals surface area contributed by atoms with E-state index in [0.717, 1.165) is 0 Å². The number of hydroxylamine groups is 2. The van der Waals surface area contributed by atoms with Gasteiger partial charge >= 0.3 is 22.1 Å². The molecule has 2 N–H and O–H groups in total. The lowest BCUT2D eigenvalue weighted by molar-refractivity contribution is -0.867. The molecular weight excluding hydrogens is 190 g/mol. The molecule has 12 heavy (non-hydrogen) atoms. The van der Waals surface area contributed by atoms with Crippen LogP contribution in [0.3, 0.4) is 0 Å². The third-order valence-corrected chi connectivity index (χ3v) is 2.64. The van der Waals surface area contributed by atoms with Gasteiger partial charge in [-0.15, -0.1) is 8.42 Å². The lowest BCUT2D eigenvalue weighted by Crippen LogP contribution is -2.53. The minimum Gasteiger partial charge on any atom is -0.238 e. The Hall–Kier alpha value is -0.830. The first kappa shape index (κ1) is 9.26. The minimum atomic E-state index is -5.11. The topological polar surface area (TPSA) is 109 Å². The smallest absolute Gasteiger partial charge is 0.238 e. The molecule has 2 amide bonds.